The van der Waals surface area contributed by atoms with E-state index in [0.717, 1.165) is 6.42 Å². The summed E-state index contributed by atoms with van der Waals surface area (Å²) in [4.78, 5) is 0.461. The van der Waals surface area contributed by atoms with E-state index in [-0.39, 0.29) is 0 Å². The average Bonchev–Trinajstić information content (AvgIpc) is 2.13. The van der Waals surface area contributed by atoms with E-state index in [1.165, 1.54) is 0 Å². The van der Waals surface area contributed by atoms with Gasteiger partial charge in [-0.1, -0.05) is 13.8 Å². The Kier molecular flexibility index (Phi) is 2.43. The molecule has 0 saturated heterocycles. The molecule has 0 aliphatic carbocycles. The molecule has 3 nitrogen and oxygen atoms in total. The Balaban J connectivity index is 2.58. The number of nitrogens with zero attached hydrogens (tertiary/aromatic N) is 2. The Morgan fingerprint density at radius 2 is 2.20 bits per heavy atom. The SMILES string of the molecule is CC(C)Cc1nnc(Br)o1. The van der Waals surface area contributed by atoms with Gasteiger partial charge in [-0.2, -0.15) is 0 Å². The van der Waals surface area contributed by atoms with Gasteiger partial charge in [-0.05, 0) is 5.92 Å². The van der Waals surface area contributed by atoms with E-state index in [9.17, 15) is 0 Å². The van der Waals surface area contributed by atoms with Gasteiger partial charge in [0.15, 0.2) is 0 Å². The van der Waals surface area contributed by atoms with Crippen molar-refractivity contribution in [1.29, 1.82) is 0 Å². The molecule has 56 valence electrons. The van der Waals surface area contributed by atoms with Crippen LogP contribution in [0.2, 0.25) is 0 Å². The Hall–Kier alpha value is -0.380. The summed E-state index contributed by atoms with van der Waals surface area (Å²) >= 11 is 3.08. The molecule has 10 heavy (non-hydrogen) atoms. The molecule has 0 aromatic carbocycles. The second kappa shape index (κ2) is 3.14. The summed E-state index contributed by atoms with van der Waals surface area (Å²) in [6.07, 6.45) is 0.846. The first-order valence-electron chi connectivity index (χ1n) is 3.16. The van der Waals surface area contributed by atoms with Crippen molar-refractivity contribution in [3.8, 4) is 0 Å². The zero-order valence-electron chi connectivity index (χ0n) is 5.97. The Morgan fingerprint density at radius 3 is 2.60 bits per heavy atom. The number of halogens is 1. The van der Waals surface area contributed by atoms with Crippen LogP contribution in [0.25, 0.3) is 0 Å². The maximum absolute atomic E-state index is 5.09. The maximum Gasteiger partial charge on any atom is 0.284 e. The Labute approximate surface area is 68.0 Å². The molecule has 0 aliphatic heterocycles. The van der Waals surface area contributed by atoms with Gasteiger partial charge in [-0.25, -0.2) is 0 Å². The van der Waals surface area contributed by atoms with E-state index in [2.05, 4.69) is 40.0 Å². The molecule has 0 bridgehead atoms. The van der Waals surface area contributed by atoms with Crippen molar-refractivity contribution in [2.75, 3.05) is 0 Å². The summed E-state index contributed by atoms with van der Waals surface area (Å²) in [5.41, 5.74) is 0. The van der Waals surface area contributed by atoms with E-state index in [4.69, 9.17) is 4.42 Å². The lowest BCUT2D eigenvalue weighted by atomic mass is 10.1. The number of aromatic nitrogens is 2. The summed E-state index contributed by atoms with van der Waals surface area (Å²) in [6.45, 7) is 4.22. The molecule has 0 radical (unpaired) electrons. The third kappa shape index (κ3) is 2.10. The van der Waals surface area contributed by atoms with Crippen LogP contribution in [-0.2, 0) is 6.42 Å². The molecule has 4 heteroatoms. The van der Waals surface area contributed by atoms with Crippen molar-refractivity contribution in [3.05, 3.63) is 10.7 Å². The van der Waals surface area contributed by atoms with E-state index >= 15 is 0 Å². The second-order valence-electron chi connectivity index (χ2n) is 2.55. The minimum atomic E-state index is 0.461. The highest BCUT2D eigenvalue weighted by molar-refractivity contribution is 9.10. The molecule has 0 amide bonds. The molecule has 1 aromatic heterocycles. The minimum Gasteiger partial charge on any atom is -0.416 e. The maximum atomic E-state index is 5.09. The zero-order chi connectivity index (χ0) is 7.56. The van der Waals surface area contributed by atoms with Crippen LogP contribution in [0.4, 0.5) is 0 Å². The first-order valence-corrected chi connectivity index (χ1v) is 3.95. The van der Waals surface area contributed by atoms with Crippen LogP contribution in [0, 0.1) is 5.92 Å². The van der Waals surface area contributed by atoms with Gasteiger partial charge in [-0.3, -0.25) is 0 Å². The molecule has 0 N–H and O–H groups in total. The molecule has 0 saturated carbocycles. The van der Waals surface area contributed by atoms with Crippen molar-refractivity contribution in [2.45, 2.75) is 20.3 Å². The normalized spacial score (nSPS) is 10.8. The van der Waals surface area contributed by atoms with Crippen molar-refractivity contribution in [1.82, 2.24) is 10.2 Å². The topological polar surface area (TPSA) is 38.9 Å². The molecule has 1 rings (SSSR count). The van der Waals surface area contributed by atoms with Gasteiger partial charge in [0.25, 0.3) is 4.80 Å². The van der Waals surface area contributed by atoms with Gasteiger partial charge in [-0.15, -0.1) is 10.2 Å². The lowest BCUT2D eigenvalue weighted by Crippen LogP contribution is -1.93. The lowest BCUT2D eigenvalue weighted by molar-refractivity contribution is 0.441. The number of hydrogen-bond acceptors (Lipinski definition) is 3. The highest BCUT2D eigenvalue weighted by atomic mass is 79.9. The fourth-order valence-corrected chi connectivity index (χ4v) is 0.931. The standard InChI is InChI=1S/C6H9BrN2O/c1-4(2)3-5-8-9-6(7)10-5/h4H,3H2,1-2H3. The van der Waals surface area contributed by atoms with Crippen molar-refractivity contribution < 1.29 is 4.42 Å². The third-order valence-electron chi connectivity index (χ3n) is 1.03. The van der Waals surface area contributed by atoms with Gasteiger partial charge in [0.1, 0.15) is 0 Å². The summed E-state index contributed by atoms with van der Waals surface area (Å²) in [7, 11) is 0. The second-order valence-corrected chi connectivity index (χ2v) is 3.23. The molecule has 0 spiro atoms. The lowest BCUT2D eigenvalue weighted by Gasteiger charge is -1.95. The monoisotopic (exact) mass is 204 g/mol. The van der Waals surface area contributed by atoms with Gasteiger partial charge in [0.05, 0.1) is 0 Å². The summed E-state index contributed by atoms with van der Waals surface area (Å²) < 4.78 is 5.09. The van der Waals surface area contributed by atoms with Crippen molar-refractivity contribution >= 4 is 15.9 Å². The van der Waals surface area contributed by atoms with E-state index in [1.54, 1.807) is 0 Å². The van der Waals surface area contributed by atoms with Crippen LogP contribution in [0.5, 0.6) is 0 Å². The third-order valence-corrected chi connectivity index (χ3v) is 1.35. The molecule has 1 heterocycles. The smallest absolute Gasteiger partial charge is 0.284 e. The van der Waals surface area contributed by atoms with Crippen LogP contribution < -0.4 is 0 Å². The first-order chi connectivity index (χ1) is 4.68. The minimum absolute atomic E-state index is 0.461. The fraction of sp³-hybridized carbons (Fsp3) is 0.667. The van der Waals surface area contributed by atoms with Crippen LogP contribution in [0.15, 0.2) is 9.22 Å². The van der Waals surface area contributed by atoms with Crippen molar-refractivity contribution in [2.24, 2.45) is 5.92 Å². The highest BCUT2D eigenvalue weighted by Crippen LogP contribution is 2.10. The van der Waals surface area contributed by atoms with Crippen molar-refractivity contribution in [3.63, 3.8) is 0 Å². The number of rotatable bonds is 2. The predicted octanol–water partition coefficient (Wildman–Crippen LogP) is 2.03. The van der Waals surface area contributed by atoms with E-state index < -0.39 is 0 Å². The molecule has 0 aliphatic rings. The van der Waals surface area contributed by atoms with Gasteiger partial charge >= 0.3 is 0 Å². The van der Waals surface area contributed by atoms with Crippen LogP contribution in [-0.4, -0.2) is 10.2 Å². The highest BCUT2D eigenvalue weighted by Gasteiger charge is 2.04. The van der Waals surface area contributed by atoms with Crippen LogP contribution >= 0.6 is 15.9 Å². The van der Waals surface area contributed by atoms with E-state index in [0.29, 0.717) is 16.6 Å². The summed E-state index contributed by atoms with van der Waals surface area (Å²) in [5.74, 6) is 1.26. The van der Waals surface area contributed by atoms with Gasteiger partial charge < -0.3 is 4.42 Å². The Bertz CT molecular complexity index is 209. The largest absolute Gasteiger partial charge is 0.416 e. The molecule has 0 fully saturated rings. The molecule has 1 aromatic rings. The fourth-order valence-electron chi connectivity index (χ4n) is 0.665. The van der Waals surface area contributed by atoms with Crippen LogP contribution in [0.3, 0.4) is 0 Å². The quantitative estimate of drug-likeness (QED) is 0.741. The van der Waals surface area contributed by atoms with E-state index in [1.807, 2.05) is 0 Å². The van der Waals surface area contributed by atoms with Gasteiger partial charge in [0.2, 0.25) is 5.89 Å². The number of hydrogen-bond donors (Lipinski definition) is 0. The summed E-state index contributed by atoms with van der Waals surface area (Å²) in [5, 5.41) is 7.46. The summed E-state index contributed by atoms with van der Waals surface area (Å²) in [6, 6.07) is 0. The zero-order valence-corrected chi connectivity index (χ0v) is 7.55. The molecular formula is C6H9BrN2O. The van der Waals surface area contributed by atoms with Crippen LogP contribution in [0.1, 0.15) is 19.7 Å². The predicted molar refractivity (Wildman–Crippen MR) is 40.5 cm³/mol. The van der Waals surface area contributed by atoms with Gasteiger partial charge in [0, 0.05) is 22.4 Å². The first kappa shape index (κ1) is 7.72. The molecular weight excluding hydrogens is 196 g/mol. The Morgan fingerprint density at radius 1 is 1.50 bits per heavy atom. The molecule has 0 atom stereocenters. The molecule has 0 unspecified atom stereocenters. The average molecular weight is 205 g/mol.